The summed E-state index contributed by atoms with van der Waals surface area (Å²) in [6.07, 6.45) is 9.72. The standard InChI is InChI=1S/C15H11N9O/c25-15(11-2-3-13(22-21-11)24-6-1-4-19-24)20-12-8-14(18-9-17-12)23-7-5-16-10-23/h1-10H,(H,17,18,20,25). The minimum Gasteiger partial charge on any atom is -0.305 e. The van der Waals surface area contributed by atoms with E-state index in [1.807, 2.05) is 0 Å². The Morgan fingerprint density at radius 1 is 1.04 bits per heavy atom. The van der Waals surface area contributed by atoms with E-state index in [0.29, 0.717) is 17.5 Å². The summed E-state index contributed by atoms with van der Waals surface area (Å²) in [5.74, 6) is 1.03. The number of amides is 1. The molecule has 10 heteroatoms. The van der Waals surface area contributed by atoms with Crippen LogP contribution in [0.4, 0.5) is 5.82 Å². The number of carbonyl (C=O) groups is 1. The maximum atomic E-state index is 12.3. The van der Waals surface area contributed by atoms with Crippen LogP contribution in [-0.4, -0.2) is 45.4 Å². The molecule has 1 amide bonds. The second-order valence-electron chi connectivity index (χ2n) is 4.91. The number of rotatable bonds is 4. The number of nitrogens with zero attached hydrogens (tertiary/aromatic N) is 8. The van der Waals surface area contributed by atoms with E-state index in [1.54, 1.807) is 64.6 Å². The molecule has 0 saturated carbocycles. The van der Waals surface area contributed by atoms with Gasteiger partial charge in [0.05, 0.1) is 0 Å². The molecule has 0 aliphatic carbocycles. The fraction of sp³-hybridized carbons (Fsp3) is 0. The molecule has 4 aromatic rings. The molecule has 10 nitrogen and oxygen atoms in total. The summed E-state index contributed by atoms with van der Waals surface area (Å²) < 4.78 is 3.26. The molecule has 0 aliphatic heterocycles. The lowest BCUT2D eigenvalue weighted by atomic mass is 10.3. The van der Waals surface area contributed by atoms with Gasteiger partial charge >= 0.3 is 0 Å². The fourth-order valence-corrected chi connectivity index (χ4v) is 2.10. The van der Waals surface area contributed by atoms with Gasteiger partial charge in [-0.1, -0.05) is 0 Å². The van der Waals surface area contributed by atoms with Crippen molar-refractivity contribution < 1.29 is 4.79 Å². The van der Waals surface area contributed by atoms with Crippen LogP contribution >= 0.6 is 0 Å². The smallest absolute Gasteiger partial charge is 0.277 e. The minimum absolute atomic E-state index is 0.165. The molecule has 4 rings (SSSR count). The van der Waals surface area contributed by atoms with Crippen LogP contribution in [0.25, 0.3) is 11.6 Å². The van der Waals surface area contributed by atoms with Crippen LogP contribution < -0.4 is 5.32 Å². The Morgan fingerprint density at radius 2 is 2.00 bits per heavy atom. The number of aromatic nitrogens is 8. The van der Waals surface area contributed by atoms with Gasteiger partial charge in [-0.3, -0.25) is 9.36 Å². The van der Waals surface area contributed by atoms with Gasteiger partial charge in [0.2, 0.25) is 0 Å². The van der Waals surface area contributed by atoms with Crippen molar-refractivity contribution in [2.24, 2.45) is 0 Å². The molecule has 0 atom stereocenters. The molecule has 4 heterocycles. The van der Waals surface area contributed by atoms with Crippen molar-refractivity contribution in [3.05, 3.63) is 67.4 Å². The molecule has 0 spiro atoms. The molecule has 0 radical (unpaired) electrons. The summed E-state index contributed by atoms with van der Waals surface area (Å²) in [7, 11) is 0. The van der Waals surface area contributed by atoms with Crippen LogP contribution in [0.5, 0.6) is 0 Å². The summed E-state index contributed by atoms with van der Waals surface area (Å²) in [5, 5.41) is 14.6. The molecule has 122 valence electrons. The molecule has 0 aliphatic rings. The number of hydrogen-bond donors (Lipinski definition) is 1. The van der Waals surface area contributed by atoms with E-state index in [2.05, 4.69) is 35.6 Å². The van der Waals surface area contributed by atoms with E-state index in [4.69, 9.17) is 0 Å². The van der Waals surface area contributed by atoms with Crippen molar-refractivity contribution in [1.29, 1.82) is 0 Å². The van der Waals surface area contributed by atoms with Crippen molar-refractivity contribution in [3.8, 4) is 11.6 Å². The van der Waals surface area contributed by atoms with E-state index >= 15 is 0 Å². The topological polar surface area (TPSA) is 116 Å². The third kappa shape index (κ3) is 3.08. The second kappa shape index (κ2) is 6.28. The summed E-state index contributed by atoms with van der Waals surface area (Å²) in [6, 6.07) is 6.63. The highest BCUT2D eigenvalue weighted by atomic mass is 16.2. The first-order valence-corrected chi connectivity index (χ1v) is 7.25. The quantitative estimate of drug-likeness (QED) is 0.589. The largest absolute Gasteiger partial charge is 0.305 e. The monoisotopic (exact) mass is 333 g/mol. The number of imidazole rings is 1. The van der Waals surface area contributed by atoms with Crippen molar-refractivity contribution in [1.82, 2.24) is 39.5 Å². The molecule has 0 bridgehead atoms. The summed E-state index contributed by atoms with van der Waals surface area (Å²) in [4.78, 5) is 24.4. The van der Waals surface area contributed by atoms with Gasteiger partial charge < -0.3 is 5.32 Å². The third-order valence-corrected chi connectivity index (χ3v) is 3.29. The second-order valence-corrected chi connectivity index (χ2v) is 4.91. The van der Waals surface area contributed by atoms with Gasteiger partial charge in [-0.25, -0.2) is 19.6 Å². The Bertz CT molecular complexity index is 978. The molecule has 0 fully saturated rings. The molecule has 1 N–H and O–H groups in total. The predicted octanol–water partition coefficient (Wildman–Crippen LogP) is 0.890. The number of nitrogens with one attached hydrogen (secondary N) is 1. The number of carbonyl (C=O) groups excluding carboxylic acids is 1. The van der Waals surface area contributed by atoms with E-state index < -0.39 is 5.91 Å². The van der Waals surface area contributed by atoms with Crippen LogP contribution in [0.2, 0.25) is 0 Å². The van der Waals surface area contributed by atoms with Gasteiger partial charge in [0.25, 0.3) is 5.91 Å². The first-order valence-electron chi connectivity index (χ1n) is 7.25. The molecular formula is C15H11N9O. The van der Waals surface area contributed by atoms with E-state index in [0.717, 1.165) is 0 Å². The average Bonchev–Trinajstić information content (AvgIpc) is 3.36. The summed E-state index contributed by atoms with van der Waals surface area (Å²) in [5.41, 5.74) is 0.165. The molecule has 0 aromatic carbocycles. The van der Waals surface area contributed by atoms with Crippen molar-refractivity contribution in [2.45, 2.75) is 0 Å². The first kappa shape index (κ1) is 14.6. The minimum atomic E-state index is -0.421. The SMILES string of the molecule is O=C(Nc1cc(-n2ccnc2)ncn1)c1ccc(-n2cccn2)nn1. The summed E-state index contributed by atoms with van der Waals surface area (Å²) >= 11 is 0. The number of anilines is 1. The van der Waals surface area contributed by atoms with Crippen molar-refractivity contribution >= 4 is 11.7 Å². The average molecular weight is 333 g/mol. The Balaban J connectivity index is 1.51. The highest BCUT2D eigenvalue weighted by Crippen LogP contribution is 2.10. The lowest BCUT2D eigenvalue weighted by Gasteiger charge is -2.06. The molecule has 0 saturated heterocycles. The molecular weight excluding hydrogens is 322 g/mol. The van der Waals surface area contributed by atoms with Crippen molar-refractivity contribution in [2.75, 3.05) is 5.32 Å². The predicted molar refractivity (Wildman–Crippen MR) is 86.3 cm³/mol. The van der Waals surface area contributed by atoms with Gasteiger partial charge in [0, 0.05) is 30.9 Å². The normalized spacial score (nSPS) is 10.6. The lowest BCUT2D eigenvalue weighted by molar-refractivity contribution is 0.102. The maximum Gasteiger partial charge on any atom is 0.277 e. The highest BCUT2D eigenvalue weighted by molar-refractivity contribution is 6.02. The molecule has 25 heavy (non-hydrogen) atoms. The van der Waals surface area contributed by atoms with Gasteiger partial charge in [0.15, 0.2) is 11.5 Å². The van der Waals surface area contributed by atoms with E-state index in [9.17, 15) is 4.79 Å². The zero-order valence-electron chi connectivity index (χ0n) is 12.8. The van der Waals surface area contributed by atoms with E-state index in [1.165, 1.54) is 6.33 Å². The van der Waals surface area contributed by atoms with Gasteiger partial charge in [-0.2, -0.15) is 5.10 Å². The van der Waals surface area contributed by atoms with Gasteiger partial charge in [-0.15, -0.1) is 10.2 Å². The van der Waals surface area contributed by atoms with Crippen LogP contribution in [-0.2, 0) is 0 Å². The fourth-order valence-electron chi connectivity index (χ4n) is 2.10. The van der Waals surface area contributed by atoms with Crippen molar-refractivity contribution in [3.63, 3.8) is 0 Å². The Kier molecular flexibility index (Phi) is 3.67. The molecule has 0 unspecified atom stereocenters. The van der Waals surface area contributed by atoms with Crippen LogP contribution in [0.1, 0.15) is 10.5 Å². The van der Waals surface area contributed by atoms with Crippen LogP contribution in [0.15, 0.2) is 61.7 Å². The zero-order chi connectivity index (χ0) is 17.1. The Morgan fingerprint density at radius 3 is 2.72 bits per heavy atom. The molecule has 4 aromatic heterocycles. The lowest BCUT2D eigenvalue weighted by Crippen LogP contribution is -2.16. The van der Waals surface area contributed by atoms with Crippen LogP contribution in [0, 0.1) is 0 Å². The summed E-state index contributed by atoms with van der Waals surface area (Å²) in [6.45, 7) is 0. The Labute approximate surface area is 141 Å². The zero-order valence-corrected chi connectivity index (χ0v) is 12.8. The van der Waals surface area contributed by atoms with E-state index in [-0.39, 0.29) is 5.69 Å². The maximum absolute atomic E-state index is 12.3. The first-order chi connectivity index (χ1) is 12.3. The van der Waals surface area contributed by atoms with Crippen LogP contribution in [0.3, 0.4) is 0 Å². The Hall–Kier alpha value is -3.95. The van der Waals surface area contributed by atoms with Gasteiger partial charge in [-0.05, 0) is 18.2 Å². The third-order valence-electron chi connectivity index (χ3n) is 3.29. The highest BCUT2D eigenvalue weighted by Gasteiger charge is 2.11. The number of hydrogen-bond acceptors (Lipinski definition) is 7. The van der Waals surface area contributed by atoms with Gasteiger partial charge in [0.1, 0.15) is 24.3 Å².